The first-order valence-corrected chi connectivity index (χ1v) is 8.23. The lowest BCUT2D eigenvalue weighted by molar-refractivity contribution is 0.340. The van der Waals surface area contributed by atoms with Crippen molar-refractivity contribution in [1.29, 1.82) is 0 Å². The van der Waals surface area contributed by atoms with Crippen LogP contribution < -0.4 is 4.74 Å². The maximum absolute atomic E-state index is 5.94. The van der Waals surface area contributed by atoms with Gasteiger partial charge in [0.2, 0.25) is 5.82 Å². The summed E-state index contributed by atoms with van der Waals surface area (Å²) in [7, 11) is 0. The van der Waals surface area contributed by atoms with Crippen LogP contribution in [0.3, 0.4) is 0 Å². The summed E-state index contributed by atoms with van der Waals surface area (Å²) in [5.74, 6) is 2.36. The van der Waals surface area contributed by atoms with E-state index in [0.717, 1.165) is 27.8 Å². The van der Waals surface area contributed by atoms with Crippen LogP contribution in [0.5, 0.6) is 5.75 Å². The van der Waals surface area contributed by atoms with E-state index < -0.39 is 0 Å². The molecule has 0 aliphatic heterocycles. The molecule has 0 saturated carbocycles. The highest BCUT2D eigenvalue weighted by Crippen LogP contribution is 2.33. The van der Waals surface area contributed by atoms with E-state index in [9.17, 15) is 0 Å². The van der Waals surface area contributed by atoms with E-state index in [0.29, 0.717) is 24.1 Å². The van der Waals surface area contributed by atoms with Gasteiger partial charge in [-0.3, -0.25) is 0 Å². The van der Waals surface area contributed by atoms with Crippen LogP contribution in [0.2, 0.25) is 0 Å². The van der Waals surface area contributed by atoms with Gasteiger partial charge < -0.3 is 13.7 Å². The molecule has 0 radical (unpaired) electrons. The Bertz CT molecular complexity index is 1030. The molecule has 0 saturated heterocycles. The highest BCUT2D eigenvalue weighted by Gasteiger charge is 2.18. The Kier molecular flexibility index (Phi) is 3.76. The van der Waals surface area contributed by atoms with E-state index in [1.807, 2.05) is 50.2 Å². The molecule has 0 N–H and O–H groups in total. The number of fused-ring (bicyclic) bond motifs is 1. The summed E-state index contributed by atoms with van der Waals surface area (Å²) in [6.45, 7) is 6.65. The second-order valence-corrected chi connectivity index (χ2v) is 5.94. The van der Waals surface area contributed by atoms with Crippen molar-refractivity contribution in [1.82, 2.24) is 10.1 Å². The van der Waals surface area contributed by atoms with Gasteiger partial charge in [0.25, 0.3) is 5.89 Å². The van der Waals surface area contributed by atoms with Crippen LogP contribution in [0, 0.1) is 13.8 Å². The molecule has 0 aliphatic carbocycles. The highest BCUT2D eigenvalue weighted by atomic mass is 16.5. The predicted molar refractivity (Wildman–Crippen MR) is 95.6 cm³/mol. The number of hydrogen-bond donors (Lipinski definition) is 0. The summed E-state index contributed by atoms with van der Waals surface area (Å²) in [5.41, 5.74) is 3.86. The van der Waals surface area contributed by atoms with E-state index in [2.05, 4.69) is 23.1 Å². The average Bonchev–Trinajstić information content (AvgIpc) is 3.22. The van der Waals surface area contributed by atoms with Crippen LogP contribution in [0.25, 0.3) is 34.0 Å². The molecule has 2 heterocycles. The summed E-state index contributed by atoms with van der Waals surface area (Å²) in [5, 5.41) is 5.16. The third-order valence-corrected chi connectivity index (χ3v) is 4.13. The Balaban J connectivity index is 1.70. The molecule has 0 unspecified atom stereocenters. The first-order valence-electron chi connectivity index (χ1n) is 8.23. The van der Waals surface area contributed by atoms with Crippen molar-refractivity contribution < 1.29 is 13.7 Å². The van der Waals surface area contributed by atoms with Crippen molar-refractivity contribution in [3.63, 3.8) is 0 Å². The quantitative estimate of drug-likeness (QED) is 0.515. The number of aryl methyl sites for hydroxylation is 2. The van der Waals surface area contributed by atoms with Crippen LogP contribution in [0.15, 0.2) is 51.4 Å². The minimum Gasteiger partial charge on any atom is -0.494 e. The zero-order valence-corrected chi connectivity index (χ0v) is 14.4. The van der Waals surface area contributed by atoms with Gasteiger partial charge in [-0.25, -0.2) is 0 Å². The Labute approximate surface area is 145 Å². The fraction of sp³-hybridized carbons (Fsp3) is 0.200. The average molecular weight is 334 g/mol. The van der Waals surface area contributed by atoms with Crippen molar-refractivity contribution in [3.05, 3.63) is 53.6 Å². The highest BCUT2D eigenvalue weighted by molar-refractivity contribution is 5.87. The van der Waals surface area contributed by atoms with Crippen molar-refractivity contribution in [2.75, 3.05) is 6.61 Å². The monoisotopic (exact) mass is 334 g/mol. The van der Waals surface area contributed by atoms with E-state index in [1.54, 1.807) is 0 Å². The summed E-state index contributed by atoms with van der Waals surface area (Å²) in [6.07, 6.45) is 0. The topological polar surface area (TPSA) is 61.3 Å². The van der Waals surface area contributed by atoms with Gasteiger partial charge in [-0.2, -0.15) is 4.98 Å². The standard InChI is InChI=1S/C20H18N2O3/c1-4-23-15-8-6-14(7-9-15)20-21-19(22-25-20)18-13(3)16-11-12(2)5-10-17(16)24-18/h5-11H,4H2,1-3H3. The molecule has 5 nitrogen and oxygen atoms in total. The largest absolute Gasteiger partial charge is 0.494 e. The SMILES string of the molecule is CCOc1ccc(-c2nc(-c3oc4ccc(C)cc4c3C)no2)cc1. The Morgan fingerprint density at radius 1 is 1.04 bits per heavy atom. The van der Waals surface area contributed by atoms with Gasteiger partial charge in [-0.05, 0) is 57.2 Å². The summed E-state index contributed by atoms with van der Waals surface area (Å²) in [4.78, 5) is 4.49. The van der Waals surface area contributed by atoms with Crippen molar-refractivity contribution in [3.8, 4) is 28.8 Å². The second-order valence-electron chi connectivity index (χ2n) is 5.94. The molecule has 4 aromatic rings. The van der Waals surface area contributed by atoms with Gasteiger partial charge >= 0.3 is 0 Å². The van der Waals surface area contributed by atoms with E-state index in [4.69, 9.17) is 13.7 Å². The lowest BCUT2D eigenvalue weighted by Gasteiger charge is -2.02. The second kappa shape index (κ2) is 6.09. The predicted octanol–water partition coefficient (Wildman–Crippen LogP) is 5.17. The molecular weight excluding hydrogens is 316 g/mol. The molecule has 0 amide bonds. The maximum atomic E-state index is 5.94. The zero-order chi connectivity index (χ0) is 17.4. The first-order chi connectivity index (χ1) is 12.2. The molecule has 25 heavy (non-hydrogen) atoms. The van der Waals surface area contributed by atoms with Gasteiger partial charge in [0.15, 0.2) is 5.76 Å². The molecule has 0 aliphatic rings. The first kappa shape index (κ1) is 15.4. The number of hydrogen-bond acceptors (Lipinski definition) is 5. The summed E-state index contributed by atoms with van der Waals surface area (Å²) < 4.78 is 16.8. The van der Waals surface area contributed by atoms with Gasteiger partial charge in [0.1, 0.15) is 11.3 Å². The number of rotatable bonds is 4. The van der Waals surface area contributed by atoms with Crippen molar-refractivity contribution in [2.24, 2.45) is 0 Å². The van der Waals surface area contributed by atoms with Crippen LogP contribution in [0.4, 0.5) is 0 Å². The van der Waals surface area contributed by atoms with E-state index in [-0.39, 0.29) is 0 Å². The number of furan rings is 1. The van der Waals surface area contributed by atoms with Crippen LogP contribution in [-0.2, 0) is 0 Å². The Hall–Kier alpha value is -3.08. The van der Waals surface area contributed by atoms with Gasteiger partial charge in [-0.15, -0.1) is 0 Å². The number of benzene rings is 2. The minimum absolute atomic E-state index is 0.453. The Morgan fingerprint density at radius 2 is 1.84 bits per heavy atom. The third kappa shape index (κ3) is 2.78. The lowest BCUT2D eigenvalue weighted by atomic mass is 10.1. The Morgan fingerprint density at radius 3 is 2.60 bits per heavy atom. The maximum Gasteiger partial charge on any atom is 0.258 e. The van der Waals surface area contributed by atoms with E-state index in [1.165, 1.54) is 5.56 Å². The fourth-order valence-electron chi connectivity index (χ4n) is 2.84. The van der Waals surface area contributed by atoms with E-state index >= 15 is 0 Å². The molecule has 0 bridgehead atoms. The molecule has 126 valence electrons. The van der Waals surface area contributed by atoms with Crippen molar-refractivity contribution in [2.45, 2.75) is 20.8 Å². The zero-order valence-electron chi connectivity index (χ0n) is 14.4. The van der Waals surface area contributed by atoms with Gasteiger partial charge in [-0.1, -0.05) is 16.8 Å². The molecule has 0 fully saturated rings. The lowest BCUT2D eigenvalue weighted by Crippen LogP contribution is -1.90. The molecular formula is C20H18N2O3. The molecule has 5 heteroatoms. The molecule has 0 spiro atoms. The third-order valence-electron chi connectivity index (χ3n) is 4.13. The molecule has 4 rings (SSSR count). The normalized spacial score (nSPS) is 11.2. The van der Waals surface area contributed by atoms with Crippen LogP contribution in [-0.4, -0.2) is 16.7 Å². The summed E-state index contributed by atoms with van der Waals surface area (Å²) >= 11 is 0. The van der Waals surface area contributed by atoms with Gasteiger partial charge in [0, 0.05) is 16.5 Å². The van der Waals surface area contributed by atoms with Crippen molar-refractivity contribution >= 4 is 11.0 Å². The fourth-order valence-corrected chi connectivity index (χ4v) is 2.84. The number of aromatic nitrogens is 2. The summed E-state index contributed by atoms with van der Waals surface area (Å²) in [6, 6.07) is 13.7. The minimum atomic E-state index is 0.453. The number of nitrogens with zero attached hydrogens (tertiary/aromatic N) is 2. The number of ether oxygens (including phenoxy) is 1. The molecule has 2 aromatic carbocycles. The van der Waals surface area contributed by atoms with Gasteiger partial charge in [0.05, 0.1) is 6.61 Å². The smallest absolute Gasteiger partial charge is 0.258 e. The molecule has 0 atom stereocenters. The van der Waals surface area contributed by atoms with Crippen LogP contribution in [0.1, 0.15) is 18.1 Å². The van der Waals surface area contributed by atoms with Crippen LogP contribution >= 0.6 is 0 Å². The molecule has 2 aromatic heterocycles.